The molecule has 0 aliphatic heterocycles. The van der Waals surface area contributed by atoms with Gasteiger partial charge in [-0.3, -0.25) is 5.41 Å². The van der Waals surface area contributed by atoms with Gasteiger partial charge in [0.15, 0.2) is 0 Å². The molecule has 8 heteroatoms. The number of ether oxygens (including phenoxy) is 3. The summed E-state index contributed by atoms with van der Waals surface area (Å²) in [7, 11) is 0. The van der Waals surface area contributed by atoms with Gasteiger partial charge in [0, 0.05) is 0 Å². The zero-order chi connectivity index (χ0) is 12.1. The molecule has 0 fully saturated rings. The van der Waals surface area contributed by atoms with Crippen LogP contribution < -0.4 is 5.73 Å². The Labute approximate surface area is 85.4 Å². The summed E-state index contributed by atoms with van der Waals surface area (Å²) in [6.45, 7) is 2.63. The molecule has 0 saturated carbocycles. The summed E-state index contributed by atoms with van der Waals surface area (Å²) in [5.74, 6) is -2.40. The number of hydrogen-bond donors (Lipinski definition) is 3. The average molecular weight is 220 g/mol. The van der Waals surface area contributed by atoms with E-state index in [1.165, 1.54) is 6.92 Å². The van der Waals surface area contributed by atoms with E-state index in [4.69, 9.17) is 21.0 Å². The van der Waals surface area contributed by atoms with Gasteiger partial charge >= 0.3 is 18.2 Å². The van der Waals surface area contributed by atoms with Crippen molar-refractivity contribution in [1.29, 1.82) is 5.41 Å². The second kappa shape index (κ2) is 5.15. The van der Waals surface area contributed by atoms with E-state index in [1.807, 2.05) is 0 Å². The minimum atomic E-state index is -2.40. The average Bonchev–Trinajstić information content (AvgIpc) is 2.01. The molecule has 0 saturated heterocycles. The third kappa shape index (κ3) is 3.81. The molecule has 0 aromatic rings. The Bertz CT molecular complexity index is 261. The van der Waals surface area contributed by atoms with Crippen LogP contribution in [0.1, 0.15) is 13.8 Å². The van der Waals surface area contributed by atoms with Crippen LogP contribution >= 0.6 is 0 Å². The molecule has 0 heterocycles. The zero-order valence-corrected chi connectivity index (χ0v) is 8.27. The monoisotopic (exact) mass is 220 g/mol. The largest absolute Gasteiger partial charge is 0.511 e. The summed E-state index contributed by atoms with van der Waals surface area (Å²) < 4.78 is 13.3. The van der Waals surface area contributed by atoms with Crippen LogP contribution in [0.15, 0.2) is 0 Å². The van der Waals surface area contributed by atoms with Gasteiger partial charge < -0.3 is 25.1 Å². The molecule has 0 aliphatic carbocycles. The molecule has 0 radical (unpaired) electrons. The SMILES string of the molecule is CCOC(OC(N)=O)(OC(=O)O)C(C)=N. The normalized spacial score (nSPS) is 13.7. The summed E-state index contributed by atoms with van der Waals surface area (Å²) in [5.41, 5.74) is 4.26. The van der Waals surface area contributed by atoms with Gasteiger partial charge in [-0.2, -0.15) is 0 Å². The van der Waals surface area contributed by atoms with Gasteiger partial charge in [-0.1, -0.05) is 0 Å². The Morgan fingerprint density at radius 3 is 2.27 bits per heavy atom. The van der Waals surface area contributed by atoms with Crippen LogP contribution in [0.2, 0.25) is 0 Å². The molecule has 1 atom stereocenters. The number of amides is 1. The predicted octanol–water partition coefficient (Wildman–Crippen LogP) is 0.506. The second-order valence-electron chi connectivity index (χ2n) is 2.40. The Balaban J connectivity index is 4.96. The van der Waals surface area contributed by atoms with Crippen molar-refractivity contribution in [2.24, 2.45) is 5.73 Å². The third-order valence-electron chi connectivity index (χ3n) is 1.25. The highest BCUT2D eigenvalue weighted by Crippen LogP contribution is 2.17. The van der Waals surface area contributed by atoms with Gasteiger partial charge in [0.05, 0.1) is 6.61 Å². The van der Waals surface area contributed by atoms with Crippen molar-refractivity contribution in [1.82, 2.24) is 0 Å². The van der Waals surface area contributed by atoms with Crippen molar-refractivity contribution in [3.63, 3.8) is 0 Å². The Kier molecular flexibility index (Phi) is 4.52. The van der Waals surface area contributed by atoms with Crippen molar-refractivity contribution in [3.05, 3.63) is 0 Å². The molecule has 0 spiro atoms. The summed E-state index contributed by atoms with van der Waals surface area (Å²) in [6.07, 6.45) is -3.06. The minimum Gasteiger partial charge on any atom is -0.450 e. The van der Waals surface area contributed by atoms with E-state index in [0.29, 0.717) is 0 Å². The highest BCUT2D eigenvalue weighted by atomic mass is 16.9. The van der Waals surface area contributed by atoms with Crippen LogP contribution in [0, 0.1) is 5.41 Å². The Morgan fingerprint density at radius 2 is 2.00 bits per heavy atom. The summed E-state index contributed by atoms with van der Waals surface area (Å²) in [5, 5.41) is 15.6. The number of carboxylic acid groups (broad SMARTS) is 1. The predicted molar refractivity (Wildman–Crippen MR) is 47.5 cm³/mol. The fraction of sp³-hybridized carbons (Fsp3) is 0.571. The fourth-order valence-electron chi connectivity index (χ4n) is 0.778. The first-order chi connectivity index (χ1) is 6.84. The van der Waals surface area contributed by atoms with E-state index in [-0.39, 0.29) is 6.61 Å². The topological polar surface area (TPSA) is 132 Å². The van der Waals surface area contributed by atoms with Crippen LogP contribution in [0.25, 0.3) is 0 Å². The number of rotatable bonds is 5. The number of nitrogens with two attached hydrogens (primary N) is 1. The first kappa shape index (κ1) is 13.2. The molecule has 4 N–H and O–H groups in total. The maximum atomic E-state index is 10.5. The lowest BCUT2D eigenvalue weighted by Crippen LogP contribution is -2.49. The van der Waals surface area contributed by atoms with E-state index in [1.54, 1.807) is 0 Å². The lowest BCUT2D eigenvalue weighted by atomic mass is 10.3. The minimum absolute atomic E-state index is 0.0310. The number of nitrogens with one attached hydrogen (secondary N) is 1. The molecule has 0 aromatic heterocycles. The van der Waals surface area contributed by atoms with Gasteiger partial charge in [0.25, 0.3) is 0 Å². The fourth-order valence-corrected chi connectivity index (χ4v) is 0.778. The summed E-state index contributed by atoms with van der Waals surface area (Å²) in [4.78, 5) is 20.9. The molecule has 1 amide bonds. The van der Waals surface area contributed by atoms with Crippen LogP contribution in [-0.2, 0) is 14.2 Å². The second-order valence-corrected chi connectivity index (χ2v) is 2.40. The highest BCUT2D eigenvalue weighted by Gasteiger charge is 2.43. The number of carbonyl (C=O) groups excluding carboxylic acids is 1. The van der Waals surface area contributed by atoms with Crippen LogP contribution in [0.5, 0.6) is 0 Å². The van der Waals surface area contributed by atoms with Crippen LogP contribution in [0.4, 0.5) is 9.59 Å². The molecule has 86 valence electrons. The summed E-state index contributed by atoms with van der Waals surface area (Å²) >= 11 is 0. The molecule has 8 nitrogen and oxygen atoms in total. The standard InChI is InChI=1S/C7H12N2O6/c1-3-13-7(4(2)8,14-5(9)10)15-6(11)12/h8H,3H2,1-2H3,(H2,9,10)(H,11,12). The summed E-state index contributed by atoms with van der Waals surface area (Å²) in [6, 6.07) is 0. The number of hydrogen-bond acceptors (Lipinski definition) is 6. The van der Waals surface area contributed by atoms with Crippen LogP contribution in [-0.4, -0.2) is 35.6 Å². The van der Waals surface area contributed by atoms with E-state index < -0.39 is 23.9 Å². The molecule has 0 bridgehead atoms. The number of carbonyl (C=O) groups is 2. The Morgan fingerprint density at radius 1 is 1.47 bits per heavy atom. The number of primary amides is 1. The first-order valence-electron chi connectivity index (χ1n) is 3.94. The molecular formula is C7H12N2O6. The Hall–Kier alpha value is -1.83. The quantitative estimate of drug-likeness (QED) is 0.351. The van der Waals surface area contributed by atoms with Gasteiger partial charge in [-0.15, -0.1) is 0 Å². The molecular weight excluding hydrogens is 208 g/mol. The van der Waals surface area contributed by atoms with Gasteiger partial charge in [0.2, 0.25) is 0 Å². The van der Waals surface area contributed by atoms with Gasteiger partial charge in [0.1, 0.15) is 5.71 Å². The van der Waals surface area contributed by atoms with Gasteiger partial charge in [-0.25, -0.2) is 9.59 Å². The van der Waals surface area contributed by atoms with Crippen molar-refractivity contribution >= 4 is 18.0 Å². The van der Waals surface area contributed by atoms with Crippen molar-refractivity contribution in [2.45, 2.75) is 19.8 Å². The third-order valence-corrected chi connectivity index (χ3v) is 1.25. The maximum Gasteiger partial charge on any atom is 0.511 e. The molecule has 0 aliphatic rings. The van der Waals surface area contributed by atoms with E-state index >= 15 is 0 Å². The molecule has 1 unspecified atom stereocenters. The van der Waals surface area contributed by atoms with E-state index in [2.05, 4.69) is 9.47 Å². The lowest BCUT2D eigenvalue weighted by molar-refractivity contribution is -0.283. The van der Waals surface area contributed by atoms with Crippen molar-refractivity contribution in [3.8, 4) is 0 Å². The molecule has 0 rings (SSSR count). The van der Waals surface area contributed by atoms with Gasteiger partial charge in [-0.05, 0) is 13.8 Å². The highest BCUT2D eigenvalue weighted by molar-refractivity contribution is 5.88. The molecule has 15 heavy (non-hydrogen) atoms. The molecule has 0 aromatic carbocycles. The van der Waals surface area contributed by atoms with Crippen molar-refractivity contribution < 1.29 is 28.9 Å². The zero-order valence-electron chi connectivity index (χ0n) is 8.27. The maximum absolute atomic E-state index is 10.5. The smallest absolute Gasteiger partial charge is 0.450 e. The van der Waals surface area contributed by atoms with E-state index in [9.17, 15) is 9.59 Å². The lowest BCUT2D eigenvalue weighted by Gasteiger charge is -2.28. The van der Waals surface area contributed by atoms with Crippen molar-refractivity contribution in [2.75, 3.05) is 6.61 Å². The van der Waals surface area contributed by atoms with Crippen LogP contribution in [0.3, 0.4) is 0 Å². The first-order valence-corrected chi connectivity index (χ1v) is 3.94. The van der Waals surface area contributed by atoms with E-state index in [0.717, 1.165) is 6.92 Å².